The van der Waals surface area contributed by atoms with Gasteiger partial charge < -0.3 is 9.84 Å². The Morgan fingerprint density at radius 2 is 1.94 bits per heavy atom. The summed E-state index contributed by atoms with van der Waals surface area (Å²) in [5.74, 6) is -0.754. The first-order chi connectivity index (χ1) is 8.27. The topological polar surface area (TPSA) is 49.8 Å². The molecule has 1 aromatic rings. The smallest absolute Gasteiger partial charge is 0.321 e. The van der Waals surface area contributed by atoms with Gasteiger partial charge in [0.2, 0.25) is 0 Å². The van der Waals surface area contributed by atoms with Gasteiger partial charge in [0.15, 0.2) is 0 Å². The van der Waals surface area contributed by atoms with Crippen molar-refractivity contribution in [3.8, 4) is 0 Å². The van der Waals surface area contributed by atoms with Crippen molar-refractivity contribution < 1.29 is 14.6 Å². The maximum absolute atomic E-state index is 11.3. The average molecular weight is 235 g/mol. The van der Waals surface area contributed by atoms with Crippen LogP contribution in [0.15, 0.2) is 30.3 Å². The second kappa shape index (κ2) is 5.80. The normalized spacial score (nSPS) is 18.8. The van der Waals surface area contributed by atoms with Gasteiger partial charge in [-0.1, -0.05) is 30.3 Å². The molecule has 1 aliphatic heterocycles. The summed E-state index contributed by atoms with van der Waals surface area (Å²) >= 11 is 0. The molecular formula is C13H17NO3. The highest BCUT2D eigenvalue weighted by molar-refractivity contribution is 5.74. The fourth-order valence-corrected chi connectivity index (χ4v) is 2.10. The highest BCUT2D eigenvalue weighted by Gasteiger charge is 2.26. The molecule has 1 saturated heterocycles. The Hall–Kier alpha value is -1.39. The van der Waals surface area contributed by atoms with E-state index >= 15 is 0 Å². The van der Waals surface area contributed by atoms with Crippen LogP contribution >= 0.6 is 0 Å². The van der Waals surface area contributed by atoms with Crippen LogP contribution in [0.4, 0.5) is 0 Å². The maximum Gasteiger partial charge on any atom is 0.321 e. The van der Waals surface area contributed by atoms with Crippen LogP contribution in [-0.4, -0.2) is 48.3 Å². The summed E-state index contributed by atoms with van der Waals surface area (Å²) in [7, 11) is 0. The highest BCUT2D eigenvalue weighted by atomic mass is 16.5. The van der Waals surface area contributed by atoms with Crippen molar-refractivity contribution in [2.45, 2.75) is 12.5 Å². The van der Waals surface area contributed by atoms with Gasteiger partial charge >= 0.3 is 5.97 Å². The lowest BCUT2D eigenvalue weighted by Crippen LogP contribution is -2.48. The van der Waals surface area contributed by atoms with Crippen molar-refractivity contribution >= 4 is 5.97 Å². The lowest BCUT2D eigenvalue weighted by molar-refractivity contribution is -0.145. The van der Waals surface area contributed by atoms with Crippen LogP contribution in [0.1, 0.15) is 5.56 Å². The van der Waals surface area contributed by atoms with Crippen LogP contribution in [0.3, 0.4) is 0 Å². The zero-order chi connectivity index (χ0) is 12.1. The summed E-state index contributed by atoms with van der Waals surface area (Å²) in [4.78, 5) is 13.3. The number of nitrogens with zero attached hydrogens (tertiary/aromatic N) is 1. The van der Waals surface area contributed by atoms with Gasteiger partial charge in [0.25, 0.3) is 0 Å². The summed E-state index contributed by atoms with van der Waals surface area (Å²) in [5, 5.41) is 9.30. The summed E-state index contributed by atoms with van der Waals surface area (Å²) in [6.07, 6.45) is 0.552. The zero-order valence-electron chi connectivity index (χ0n) is 9.71. The molecule has 1 atom stereocenters. The van der Waals surface area contributed by atoms with Crippen LogP contribution in [0.2, 0.25) is 0 Å². The van der Waals surface area contributed by atoms with E-state index < -0.39 is 12.0 Å². The van der Waals surface area contributed by atoms with E-state index in [9.17, 15) is 9.90 Å². The molecule has 17 heavy (non-hydrogen) atoms. The van der Waals surface area contributed by atoms with Crippen molar-refractivity contribution in [3.63, 3.8) is 0 Å². The van der Waals surface area contributed by atoms with Crippen LogP contribution in [0.25, 0.3) is 0 Å². The highest BCUT2D eigenvalue weighted by Crippen LogP contribution is 2.11. The number of carboxylic acid groups (broad SMARTS) is 1. The fraction of sp³-hybridized carbons (Fsp3) is 0.462. The standard InChI is InChI=1S/C13H17NO3/c15-13(16)12(14-6-8-17-9-7-14)10-11-4-2-1-3-5-11/h1-5,12H,6-10H2,(H,15,16)/t12-/m0/s1. The third kappa shape index (κ3) is 3.28. The van der Waals surface area contributed by atoms with E-state index in [1.54, 1.807) is 0 Å². The predicted molar refractivity (Wildman–Crippen MR) is 64.0 cm³/mol. The SMILES string of the molecule is O=C(O)[C@H](Cc1ccccc1)N1CCOCC1. The Bertz CT molecular complexity index is 360. The molecule has 0 aromatic heterocycles. The van der Waals surface area contributed by atoms with Crippen LogP contribution in [0.5, 0.6) is 0 Å². The molecule has 1 aromatic carbocycles. The Morgan fingerprint density at radius 3 is 2.53 bits per heavy atom. The third-order valence-electron chi connectivity index (χ3n) is 3.04. The van der Waals surface area contributed by atoms with E-state index in [2.05, 4.69) is 0 Å². The Labute approximate surface area is 101 Å². The molecular weight excluding hydrogens is 218 g/mol. The monoisotopic (exact) mass is 235 g/mol. The number of benzene rings is 1. The molecule has 1 fully saturated rings. The van der Waals surface area contributed by atoms with Crippen molar-refractivity contribution in [2.24, 2.45) is 0 Å². The van der Waals surface area contributed by atoms with Gasteiger partial charge in [-0.25, -0.2) is 0 Å². The van der Waals surface area contributed by atoms with E-state index in [0.717, 1.165) is 5.56 Å². The lowest BCUT2D eigenvalue weighted by Gasteiger charge is -2.31. The number of aliphatic carboxylic acids is 1. The number of ether oxygens (including phenoxy) is 1. The van der Waals surface area contributed by atoms with Gasteiger partial charge in [-0.15, -0.1) is 0 Å². The fourth-order valence-electron chi connectivity index (χ4n) is 2.10. The van der Waals surface area contributed by atoms with Crippen molar-refractivity contribution in [3.05, 3.63) is 35.9 Å². The van der Waals surface area contributed by atoms with Crippen LogP contribution in [0, 0.1) is 0 Å². The lowest BCUT2D eigenvalue weighted by atomic mass is 10.0. The minimum Gasteiger partial charge on any atom is -0.480 e. The Kier molecular flexibility index (Phi) is 4.12. The van der Waals surface area contributed by atoms with E-state index in [4.69, 9.17) is 4.74 Å². The van der Waals surface area contributed by atoms with Gasteiger partial charge in [0.1, 0.15) is 6.04 Å². The second-order valence-corrected chi connectivity index (χ2v) is 4.19. The van der Waals surface area contributed by atoms with E-state index in [-0.39, 0.29) is 0 Å². The summed E-state index contributed by atoms with van der Waals surface area (Å²) < 4.78 is 5.25. The first kappa shape index (κ1) is 12.1. The number of rotatable bonds is 4. The molecule has 1 N–H and O–H groups in total. The quantitative estimate of drug-likeness (QED) is 0.846. The number of hydrogen-bond donors (Lipinski definition) is 1. The summed E-state index contributed by atoms with van der Waals surface area (Å²) in [5.41, 5.74) is 1.06. The average Bonchev–Trinajstić information content (AvgIpc) is 2.38. The van der Waals surface area contributed by atoms with Gasteiger partial charge in [0.05, 0.1) is 13.2 Å². The van der Waals surface area contributed by atoms with Crippen molar-refractivity contribution in [1.29, 1.82) is 0 Å². The van der Waals surface area contributed by atoms with E-state index in [1.807, 2.05) is 35.2 Å². The molecule has 0 spiro atoms. The minimum atomic E-state index is -0.754. The van der Waals surface area contributed by atoms with Gasteiger partial charge in [-0.05, 0) is 12.0 Å². The molecule has 92 valence electrons. The molecule has 2 rings (SSSR count). The largest absolute Gasteiger partial charge is 0.480 e. The minimum absolute atomic E-state index is 0.443. The molecule has 1 aliphatic rings. The number of carboxylic acids is 1. The van der Waals surface area contributed by atoms with Crippen LogP contribution < -0.4 is 0 Å². The molecule has 0 aliphatic carbocycles. The Balaban J connectivity index is 2.04. The third-order valence-corrected chi connectivity index (χ3v) is 3.04. The molecule has 0 unspecified atom stereocenters. The first-order valence-corrected chi connectivity index (χ1v) is 5.86. The molecule has 0 amide bonds. The van der Waals surface area contributed by atoms with Crippen LogP contribution in [-0.2, 0) is 16.0 Å². The van der Waals surface area contributed by atoms with E-state index in [1.165, 1.54) is 0 Å². The molecule has 0 saturated carbocycles. The zero-order valence-corrected chi connectivity index (χ0v) is 9.71. The predicted octanol–water partition coefficient (Wildman–Crippen LogP) is 1.01. The molecule has 1 heterocycles. The molecule has 4 nitrogen and oxygen atoms in total. The number of morpholine rings is 1. The Morgan fingerprint density at radius 1 is 1.29 bits per heavy atom. The maximum atomic E-state index is 11.3. The van der Waals surface area contributed by atoms with Gasteiger partial charge in [0, 0.05) is 13.1 Å². The van der Waals surface area contributed by atoms with E-state index in [0.29, 0.717) is 32.7 Å². The molecule has 0 radical (unpaired) electrons. The van der Waals surface area contributed by atoms with Gasteiger partial charge in [-0.2, -0.15) is 0 Å². The van der Waals surface area contributed by atoms with Crippen molar-refractivity contribution in [2.75, 3.05) is 26.3 Å². The van der Waals surface area contributed by atoms with Crippen molar-refractivity contribution in [1.82, 2.24) is 4.90 Å². The summed E-state index contributed by atoms with van der Waals surface area (Å²) in [6, 6.07) is 9.31. The molecule has 4 heteroatoms. The summed E-state index contributed by atoms with van der Waals surface area (Å²) in [6.45, 7) is 2.64. The molecule has 0 bridgehead atoms. The number of carbonyl (C=O) groups is 1. The number of hydrogen-bond acceptors (Lipinski definition) is 3. The van der Waals surface area contributed by atoms with Gasteiger partial charge in [-0.3, -0.25) is 9.69 Å². The second-order valence-electron chi connectivity index (χ2n) is 4.19. The first-order valence-electron chi connectivity index (χ1n) is 5.86.